The summed E-state index contributed by atoms with van der Waals surface area (Å²) in [5.74, 6) is -1.20. The number of nitrogens with one attached hydrogen (secondary N) is 1. The maximum absolute atomic E-state index is 12.6. The lowest BCUT2D eigenvalue weighted by atomic mass is 10.3. The SMILES string of the molecule is FC(F)(F)c1n[nH]c(=S)n1/N=C\c1cccnc1. The predicted octanol–water partition coefficient (Wildman–Crippen LogP) is 2.24. The lowest BCUT2D eigenvalue weighted by Gasteiger charge is -2.03. The van der Waals surface area contributed by atoms with E-state index in [1.165, 1.54) is 12.4 Å². The van der Waals surface area contributed by atoms with Crippen LogP contribution in [0, 0.1) is 4.77 Å². The first-order chi connectivity index (χ1) is 8.48. The highest BCUT2D eigenvalue weighted by atomic mass is 32.1. The molecule has 0 saturated carbocycles. The molecule has 2 heterocycles. The van der Waals surface area contributed by atoms with Crippen LogP contribution in [0.15, 0.2) is 29.6 Å². The number of H-pyrrole nitrogens is 1. The van der Waals surface area contributed by atoms with Gasteiger partial charge in [0.05, 0.1) is 6.21 Å². The Hall–Kier alpha value is -2.03. The van der Waals surface area contributed by atoms with Crippen LogP contribution in [0.1, 0.15) is 11.4 Å². The molecule has 5 nitrogen and oxygen atoms in total. The van der Waals surface area contributed by atoms with Crippen molar-refractivity contribution in [2.45, 2.75) is 6.18 Å². The highest BCUT2D eigenvalue weighted by Crippen LogP contribution is 2.27. The van der Waals surface area contributed by atoms with E-state index < -0.39 is 12.0 Å². The topological polar surface area (TPSA) is 58.9 Å². The van der Waals surface area contributed by atoms with Gasteiger partial charge in [0.2, 0.25) is 4.77 Å². The fourth-order valence-electron chi connectivity index (χ4n) is 1.16. The Balaban J connectivity index is 2.38. The molecule has 0 aliphatic rings. The lowest BCUT2D eigenvalue weighted by Crippen LogP contribution is -2.12. The Morgan fingerprint density at radius 1 is 1.44 bits per heavy atom. The number of hydrogen-bond donors (Lipinski definition) is 1. The van der Waals surface area contributed by atoms with Crippen molar-refractivity contribution in [3.8, 4) is 0 Å². The number of halogens is 3. The highest BCUT2D eigenvalue weighted by molar-refractivity contribution is 7.71. The zero-order valence-electron chi connectivity index (χ0n) is 8.72. The molecule has 2 rings (SSSR count). The van der Waals surface area contributed by atoms with E-state index in [1.807, 2.05) is 0 Å². The van der Waals surface area contributed by atoms with Crippen LogP contribution in [0.2, 0.25) is 0 Å². The molecule has 0 radical (unpaired) electrons. The van der Waals surface area contributed by atoms with Crippen LogP contribution < -0.4 is 0 Å². The molecule has 0 atom stereocenters. The van der Waals surface area contributed by atoms with Gasteiger partial charge in [-0.2, -0.15) is 22.9 Å². The fraction of sp³-hybridized carbons (Fsp3) is 0.111. The predicted molar refractivity (Wildman–Crippen MR) is 59.6 cm³/mol. The maximum Gasteiger partial charge on any atom is 0.453 e. The summed E-state index contributed by atoms with van der Waals surface area (Å²) in [6.45, 7) is 0. The minimum absolute atomic E-state index is 0.234. The average Bonchev–Trinajstić information content (AvgIpc) is 2.69. The van der Waals surface area contributed by atoms with Gasteiger partial charge in [-0.1, -0.05) is 6.07 Å². The standard InChI is InChI=1S/C9H6F3N5S/c10-9(11,12)7-15-16-8(18)17(7)14-5-6-2-1-3-13-4-6/h1-5H,(H,16,18)/b14-5-. The van der Waals surface area contributed by atoms with Gasteiger partial charge in [0.1, 0.15) is 0 Å². The summed E-state index contributed by atoms with van der Waals surface area (Å²) in [5, 5.41) is 8.77. The van der Waals surface area contributed by atoms with Crippen molar-refractivity contribution in [3.05, 3.63) is 40.7 Å². The van der Waals surface area contributed by atoms with Crippen molar-refractivity contribution in [3.63, 3.8) is 0 Å². The first-order valence-electron chi connectivity index (χ1n) is 4.67. The molecule has 0 saturated heterocycles. The second kappa shape index (κ2) is 4.69. The smallest absolute Gasteiger partial charge is 0.264 e. The molecule has 1 N–H and O–H groups in total. The third-order valence-corrected chi connectivity index (χ3v) is 2.17. The summed E-state index contributed by atoms with van der Waals surface area (Å²) >= 11 is 4.67. The molecule has 0 fully saturated rings. The molecule has 2 aromatic rings. The van der Waals surface area contributed by atoms with Crippen molar-refractivity contribution >= 4 is 18.4 Å². The van der Waals surface area contributed by atoms with Crippen LogP contribution in [-0.4, -0.2) is 26.1 Å². The van der Waals surface area contributed by atoms with E-state index >= 15 is 0 Å². The zero-order valence-corrected chi connectivity index (χ0v) is 9.53. The number of aromatic amines is 1. The average molecular weight is 273 g/mol. The number of rotatable bonds is 2. The van der Waals surface area contributed by atoms with E-state index in [4.69, 9.17) is 0 Å². The molecular formula is C9H6F3N5S. The van der Waals surface area contributed by atoms with Crippen molar-refractivity contribution in [2.75, 3.05) is 0 Å². The van der Waals surface area contributed by atoms with Crippen LogP contribution in [0.3, 0.4) is 0 Å². The number of aromatic nitrogens is 4. The van der Waals surface area contributed by atoms with Crippen LogP contribution in [0.25, 0.3) is 0 Å². The number of hydrogen-bond acceptors (Lipinski definition) is 4. The molecule has 0 spiro atoms. The van der Waals surface area contributed by atoms with Crippen LogP contribution in [0.4, 0.5) is 13.2 Å². The van der Waals surface area contributed by atoms with Gasteiger partial charge in [-0.25, -0.2) is 5.10 Å². The maximum atomic E-state index is 12.6. The molecule has 18 heavy (non-hydrogen) atoms. The first kappa shape index (κ1) is 12.4. The Morgan fingerprint density at radius 3 is 2.83 bits per heavy atom. The molecule has 0 aliphatic heterocycles. The van der Waals surface area contributed by atoms with Gasteiger partial charge >= 0.3 is 6.18 Å². The second-order valence-electron chi connectivity index (χ2n) is 3.19. The Kier molecular flexibility index (Phi) is 3.24. The van der Waals surface area contributed by atoms with Gasteiger partial charge < -0.3 is 0 Å². The minimum atomic E-state index is -4.63. The van der Waals surface area contributed by atoms with Crippen LogP contribution >= 0.6 is 12.2 Å². The van der Waals surface area contributed by atoms with Gasteiger partial charge in [0, 0.05) is 18.0 Å². The third kappa shape index (κ3) is 2.62. The van der Waals surface area contributed by atoms with Gasteiger partial charge in [0.15, 0.2) is 0 Å². The number of pyridine rings is 1. The van der Waals surface area contributed by atoms with Crippen molar-refractivity contribution in [2.24, 2.45) is 5.10 Å². The molecule has 0 amide bonds. The minimum Gasteiger partial charge on any atom is -0.264 e. The Morgan fingerprint density at radius 2 is 2.22 bits per heavy atom. The second-order valence-corrected chi connectivity index (χ2v) is 3.58. The Labute approximate surface area is 104 Å². The molecule has 0 aromatic carbocycles. The summed E-state index contributed by atoms with van der Waals surface area (Å²) in [5.41, 5.74) is 0.550. The van der Waals surface area contributed by atoms with E-state index in [0.717, 1.165) is 0 Å². The molecule has 9 heteroatoms. The summed E-state index contributed by atoms with van der Waals surface area (Å²) < 4.78 is 37.9. The largest absolute Gasteiger partial charge is 0.453 e. The fourth-order valence-corrected chi connectivity index (χ4v) is 1.34. The molecule has 0 bridgehead atoms. The van der Waals surface area contributed by atoms with Crippen molar-refractivity contribution in [1.82, 2.24) is 19.9 Å². The molecule has 0 aliphatic carbocycles. The summed E-state index contributed by atoms with van der Waals surface area (Å²) in [6, 6.07) is 3.29. The van der Waals surface area contributed by atoms with Gasteiger partial charge in [-0.05, 0) is 18.3 Å². The van der Waals surface area contributed by atoms with Crippen LogP contribution in [-0.2, 0) is 6.18 Å². The van der Waals surface area contributed by atoms with E-state index in [0.29, 0.717) is 10.2 Å². The molecule has 2 aromatic heterocycles. The highest BCUT2D eigenvalue weighted by Gasteiger charge is 2.37. The lowest BCUT2D eigenvalue weighted by molar-refractivity contribution is -0.147. The summed E-state index contributed by atoms with van der Waals surface area (Å²) in [4.78, 5) is 3.81. The normalized spacial score (nSPS) is 12.2. The quantitative estimate of drug-likeness (QED) is 0.674. The molecule has 94 valence electrons. The number of nitrogens with zero attached hydrogens (tertiary/aromatic N) is 4. The van der Waals surface area contributed by atoms with Crippen LogP contribution in [0.5, 0.6) is 0 Å². The Bertz CT molecular complexity index is 613. The van der Waals surface area contributed by atoms with Crippen molar-refractivity contribution in [1.29, 1.82) is 0 Å². The van der Waals surface area contributed by atoms with E-state index in [9.17, 15) is 13.2 Å². The van der Waals surface area contributed by atoms with E-state index in [-0.39, 0.29) is 4.77 Å². The third-order valence-electron chi connectivity index (χ3n) is 1.91. The van der Waals surface area contributed by atoms with Gasteiger partial charge in [0.25, 0.3) is 5.82 Å². The van der Waals surface area contributed by atoms with Crippen molar-refractivity contribution < 1.29 is 13.2 Å². The van der Waals surface area contributed by atoms with E-state index in [1.54, 1.807) is 18.3 Å². The summed E-state index contributed by atoms with van der Waals surface area (Å²) in [6.07, 6.45) is -0.407. The van der Waals surface area contributed by atoms with E-state index in [2.05, 4.69) is 32.5 Å². The molecule has 0 unspecified atom stereocenters. The van der Waals surface area contributed by atoms with Gasteiger partial charge in [-0.3, -0.25) is 4.98 Å². The summed E-state index contributed by atoms with van der Waals surface area (Å²) in [7, 11) is 0. The monoisotopic (exact) mass is 273 g/mol. The van der Waals surface area contributed by atoms with Gasteiger partial charge in [-0.15, -0.1) is 5.10 Å². The zero-order chi connectivity index (χ0) is 13.2. The molecular weight excluding hydrogens is 267 g/mol. The first-order valence-corrected chi connectivity index (χ1v) is 5.08. The number of alkyl halides is 3.